The molecule has 0 bridgehead atoms. The van der Waals surface area contributed by atoms with Gasteiger partial charge < -0.3 is 10.4 Å². The number of piperidine rings is 1. The van der Waals surface area contributed by atoms with Crippen LogP contribution in [0.5, 0.6) is 0 Å². The fourth-order valence-corrected chi connectivity index (χ4v) is 1.50. The van der Waals surface area contributed by atoms with E-state index in [9.17, 15) is 0 Å². The van der Waals surface area contributed by atoms with E-state index in [0.717, 1.165) is 19.4 Å². The second kappa shape index (κ2) is 3.94. The fraction of sp³-hybridized carbons (Fsp3) is 1.00. The van der Waals surface area contributed by atoms with Gasteiger partial charge in [0.15, 0.2) is 0 Å². The van der Waals surface area contributed by atoms with Gasteiger partial charge >= 0.3 is 0 Å². The van der Waals surface area contributed by atoms with E-state index in [2.05, 4.69) is 12.2 Å². The standard InChI is InChI=1S/C8H17NO/c1-2-3-7-4-5-8(10)6-9-7/h7-10H,2-6H2,1H3/t7-,8+/m0/s1. The number of nitrogens with one attached hydrogen (secondary N) is 1. The van der Waals surface area contributed by atoms with Crippen molar-refractivity contribution in [3.63, 3.8) is 0 Å². The molecule has 0 unspecified atom stereocenters. The van der Waals surface area contributed by atoms with Gasteiger partial charge in [-0.1, -0.05) is 13.3 Å². The van der Waals surface area contributed by atoms with Crippen molar-refractivity contribution in [3.8, 4) is 0 Å². The number of aliphatic hydroxyl groups is 1. The first kappa shape index (κ1) is 8.02. The van der Waals surface area contributed by atoms with E-state index in [1.807, 2.05) is 0 Å². The van der Waals surface area contributed by atoms with Gasteiger partial charge in [-0.05, 0) is 19.3 Å². The molecule has 0 aromatic rings. The highest BCUT2D eigenvalue weighted by Crippen LogP contribution is 2.11. The minimum absolute atomic E-state index is 0.0897. The number of β-amino-alcohol motifs (C(OH)–C–C–N with tert-alkyl or cyclic N) is 1. The summed E-state index contributed by atoms with van der Waals surface area (Å²) >= 11 is 0. The number of aliphatic hydroxyl groups excluding tert-OH is 1. The third kappa shape index (κ3) is 2.27. The van der Waals surface area contributed by atoms with Crippen molar-refractivity contribution < 1.29 is 5.11 Å². The molecule has 0 spiro atoms. The number of hydrogen-bond acceptors (Lipinski definition) is 2. The van der Waals surface area contributed by atoms with Crippen molar-refractivity contribution in [2.45, 2.75) is 44.8 Å². The maximum atomic E-state index is 9.13. The highest BCUT2D eigenvalue weighted by molar-refractivity contribution is 4.76. The van der Waals surface area contributed by atoms with Crippen molar-refractivity contribution >= 4 is 0 Å². The van der Waals surface area contributed by atoms with Crippen LogP contribution in [0.15, 0.2) is 0 Å². The van der Waals surface area contributed by atoms with Gasteiger partial charge in [-0.25, -0.2) is 0 Å². The van der Waals surface area contributed by atoms with E-state index in [-0.39, 0.29) is 6.10 Å². The molecule has 0 aromatic heterocycles. The molecular weight excluding hydrogens is 126 g/mol. The van der Waals surface area contributed by atoms with Gasteiger partial charge in [-0.2, -0.15) is 0 Å². The Balaban J connectivity index is 2.13. The van der Waals surface area contributed by atoms with Crippen LogP contribution < -0.4 is 5.32 Å². The van der Waals surface area contributed by atoms with Crippen LogP contribution in [-0.2, 0) is 0 Å². The van der Waals surface area contributed by atoms with Crippen molar-refractivity contribution in [1.82, 2.24) is 5.32 Å². The third-order valence-corrected chi connectivity index (χ3v) is 2.13. The minimum Gasteiger partial charge on any atom is -0.392 e. The van der Waals surface area contributed by atoms with E-state index in [1.165, 1.54) is 12.8 Å². The SMILES string of the molecule is CCC[C@H]1CC[C@@H](O)CN1. The summed E-state index contributed by atoms with van der Waals surface area (Å²) in [6.45, 7) is 3.00. The zero-order valence-electron chi connectivity index (χ0n) is 6.64. The van der Waals surface area contributed by atoms with Crippen LogP contribution in [0.4, 0.5) is 0 Å². The smallest absolute Gasteiger partial charge is 0.0665 e. The van der Waals surface area contributed by atoms with Crippen LogP contribution in [-0.4, -0.2) is 23.8 Å². The largest absolute Gasteiger partial charge is 0.392 e. The number of rotatable bonds is 2. The van der Waals surface area contributed by atoms with E-state index in [4.69, 9.17) is 5.11 Å². The summed E-state index contributed by atoms with van der Waals surface area (Å²) in [4.78, 5) is 0. The van der Waals surface area contributed by atoms with E-state index < -0.39 is 0 Å². The predicted octanol–water partition coefficient (Wildman–Crippen LogP) is 0.899. The van der Waals surface area contributed by atoms with Gasteiger partial charge in [-0.15, -0.1) is 0 Å². The molecule has 1 saturated heterocycles. The molecule has 2 atom stereocenters. The molecule has 2 N–H and O–H groups in total. The molecule has 0 amide bonds. The van der Waals surface area contributed by atoms with Gasteiger partial charge in [0.05, 0.1) is 6.10 Å². The van der Waals surface area contributed by atoms with Crippen molar-refractivity contribution in [2.24, 2.45) is 0 Å². The Labute approximate surface area is 62.6 Å². The fourth-order valence-electron chi connectivity index (χ4n) is 1.50. The Morgan fingerprint density at radius 2 is 2.30 bits per heavy atom. The average Bonchev–Trinajstić information content (AvgIpc) is 1.95. The molecule has 0 aliphatic carbocycles. The van der Waals surface area contributed by atoms with E-state index in [0.29, 0.717) is 6.04 Å². The quantitative estimate of drug-likeness (QED) is 0.602. The molecule has 1 heterocycles. The van der Waals surface area contributed by atoms with Gasteiger partial charge in [0.25, 0.3) is 0 Å². The molecule has 1 fully saturated rings. The van der Waals surface area contributed by atoms with Crippen LogP contribution in [0.1, 0.15) is 32.6 Å². The van der Waals surface area contributed by atoms with E-state index in [1.54, 1.807) is 0 Å². The Morgan fingerprint density at radius 1 is 1.50 bits per heavy atom. The number of hydrogen-bond donors (Lipinski definition) is 2. The summed E-state index contributed by atoms with van der Waals surface area (Å²) in [6.07, 6.45) is 4.54. The molecule has 0 radical (unpaired) electrons. The average molecular weight is 143 g/mol. The first-order chi connectivity index (χ1) is 4.83. The lowest BCUT2D eigenvalue weighted by Gasteiger charge is -2.26. The van der Waals surface area contributed by atoms with Crippen molar-refractivity contribution in [2.75, 3.05) is 6.54 Å². The molecule has 1 aliphatic rings. The molecule has 0 saturated carbocycles. The predicted molar refractivity (Wildman–Crippen MR) is 41.9 cm³/mol. The van der Waals surface area contributed by atoms with Gasteiger partial charge in [0.1, 0.15) is 0 Å². The summed E-state index contributed by atoms with van der Waals surface area (Å²) in [5.74, 6) is 0. The van der Waals surface area contributed by atoms with E-state index >= 15 is 0 Å². The molecule has 1 rings (SSSR count). The molecule has 2 heteroatoms. The Kier molecular flexibility index (Phi) is 3.16. The topological polar surface area (TPSA) is 32.3 Å². The highest BCUT2D eigenvalue weighted by atomic mass is 16.3. The lowest BCUT2D eigenvalue weighted by atomic mass is 9.99. The van der Waals surface area contributed by atoms with Gasteiger partial charge in [0.2, 0.25) is 0 Å². The zero-order chi connectivity index (χ0) is 7.40. The third-order valence-electron chi connectivity index (χ3n) is 2.13. The normalized spacial score (nSPS) is 34.2. The van der Waals surface area contributed by atoms with Crippen molar-refractivity contribution in [1.29, 1.82) is 0 Å². The van der Waals surface area contributed by atoms with Crippen LogP contribution in [0.3, 0.4) is 0 Å². The summed E-state index contributed by atoms with van der Waals surface area (Å²) in [5, 5.41) is 12.5. The van der Waals surface area contributed by atoms with Crippen molar-refractivity contribution in [3.05, 3.63) is 0 Å². The molecule has 10 heavy (non-hydrogen) atoms. The second-order valence-electron chi connectivity index (χ2n) is 3.13. The lowest BCUT2D eigenvalue weighted by molar-refractivity contribution is 0.124. The Morgan fingerprint density at radius 3 is 2.80 bits per heavy atom. The summed E-state index contributed by atoms with van der Waals surface area (Å²) in [7, 11) is 0. The first-order valence-corrected chi connectivity index (χ1v) is 4.24. The zero-order valence-corrected chi connectivity index (χ0v) is 6.64. The van der Waals surface area contributed by atoms with Crippen LogP contribution in [0, 0.1) is 0 Å². The molecule has 60 valence electrons. The Bertz CT molecular complexity index is 87.3. The summed E-state index contributed by atoms with van der Waals surface area (Å²) < 4.78 is 0. The van der Waals surface area contributed by atoms with Gasteiger partial charge in [0, 0.05) is 12.6 Å². The second-order valence-corrected chi connectivity index (χ2v) is 3.13. The summed E-state index contributed by atoms with van der Waals surface area (Å²) in [5.41, 5.74) is 0. The molecule has 1 aliphatic heterocycles. The first-order valence-electron chi connectivity index (χ1n) is 4.24. The van der Waals surface area contributed by atoms with Gasteiger partial charge in [-0.3, -0.25) is 0 Å². The lowest BCUT2D eigenvalue weighted by Crippen LogP contribution is -2.41. The Hall–Kier alpha value is -0.0800. The molecule has 2 nitrogen and oxygen atoms in total. The van der Waals surface area contributed by atoms with Crippen LogP contribution in [0.25, 0.3) is 0 Å². The molecule has 0 aromatic carbocycles. The van der Waals surface area contributed by atoms with Crippen LogP contribution in [0.2, 0.25) is 0 Å². The summed E-state index contributed by atoms with van der Waals surface area (Å²) in [6, 6.07) is 0.674. The minimum atomic E-state index is -0.0897. The monoisotopic (exact) mass is 143 g/mol. The molecular formula is C8H17NO. The maximum Gasteiger partial charge on any atom is 0.0665 e. The highest BCUT2D eigenvalue weighted by Gasteiger charge is 2.16. The van der Waals surface area contributed by atoms with Crippen LogP contribution >= 0.6 is 0 Å². The maximum absolute atomic E-state index is 9.13.